The monoisotopic (exact) mass is 380 g/mol. The van der Waals surface area contributed by atoms with E-state index in [1.807, 2.05) is 44.0 Å². The predicted octanol–water partition coefficient (Wildman–Crippen LogP) is 6.38. The maximum atomic E-state index is 13.7. The number of hydrogen-bond donors (Lipinski definition) is 0. The highest BCUT2D eigenvalue weighted by Crippen LogP contribution is 2.43. The molecule has 0 saturated carbocycles. The summed E-state index contributed by atoms with van der Waals surface area (Å²) in [6, 6.07) is 9.17. The number of nitriles is 1. The van der Waals surface area contributed by atoms with Gasteiger partial charge in [-0.1, -0.05) is 64.9 Å². The molecule has 1 aromatic carbocycles. The summed E-state index contributed by atoms with van der Waals surface area (Å²) in [5.74, 6) is -0.215. The molecule has 2 aliphatic heterocycles. The van der Waals surface area contributed by atoms with E-state index in [0.29, 0.717) is 14.3 Å². The van der Waals surface area contributed by atoms with Gasteiger partial charge in [-0.25, -0.2) is 4.39 Å². The van der Waals surface area contributed by atoms with Crippen LogP contribution in [-0.4, -0.2) is 17.1 Å². The van der Waals surface area contributed by atoms with Gasteiger partial charge in [-0.2, -0.15) is 5.26 Å². The molecule has 1 aromatic rings. The molecule has 4 heteroatoms. The Hall–Kier alpha value is -2.43. The lowest BCUT2D eigenvalue weighted by Gasteiger charge is -2.30. The van der Waals surface area contributed by atoms with Crippen molar-refractivity contribution >= 4 is 13.9 Å². The summed E-state index contributed by atoms with van der Waals surface area (Å²) in [7, 11) is 0.606. The molecule has 0 bridgehead atoms. The second kappa shape index (κ2) is 10.0. The normalized spacial score (nSPS) is 20.1. The number of benzene rings is 1. The Balaban J connectivity index is 0.00000126. The molecule has 0 amide bonds. The summed E-state index contributed by atoms with van der Waals surface area (Å²) in [6.45, 7) is 7.93. The molecule has 0 saturated heterocycles. The Kier molecular flexibility index (Phi) is 7.77. The van der Waals surface area contributed by atoms with Crippen molar-refractivity contribution in [1.82, 2.24) is 4.90 Å². The lowest BCUT2D eigenvalue weighted by Crippen LogP contribution is -2.28. The van der Waals surface area contributed by atoms with E-state index in [9.17, 15) is 9.65 Å². The Labute approximate surface area is 163 Å². The molecule has 0 aliphatic carbocycles. The molecule has 140 valence electrons. The molecule has 0 radical (unpaired) electrons. The molecule has 2 heterocycles. The van der Waals surface area contributed by atoms with Gasteiger partial charge in [0.2, 0.25) is 0 Å². The van der Waals surface area contributed by atoms with Crippen molar-refractivity contribution in [2.24, 2.45) is 0 Å². The molecular weight excluding hydrogens is 354 g/mol. The third kappa shape index (κ3) is 4.85. The first kappa shape index (κ1) is 20.9. The first-order valence-electron chi connectivity index (χ1n) is 9.30. The smallest absolute Gasteiger partial charge is 0.123 e. The molecule has 0 N–H and O–H groups in total. The van der Waals surface area contributed by atoms with Crippen LogP contribution >= 0.6 is 8.58 Å². The van der Waals surface area contributed by atoms with Crippen molar-refractivity contribution in [2.75, 3.05) is 6.16 Å². The Morgan fingerprint density at radius 2 is 2.11 bits per heavy atom. The van der Waals surface area contributed by atoms with Crippen molar-refractivity contribution in [3.05, 3.63) is 89.1 Å². The van der Waals surface area contributed by atoms with Crippen molar-refractivity contribution in [2.45, 2.75) is 33.7 Å². The van der Waals surface area contributed by atoms with E-state index >= 15 is 0 Å². The Morgan fingerprint density at radius 3 is 2.78 bits per heavy atom. The summed E-state index contributed by atoms with van der Waals surface area (Å²) in [5.41, 5.74) is 3.72. The van der Waals surface area contributed by atoms with Crippen LogP contribution in [0.1, 0.15) is 33.3 Å². The second-order valence-corrected chi connectivity index (χ2v) is 7.22. The lowest BCUT2D eigenvalue weighted by molar-refractivity contribution is 0.422. The Morgan fingerprint density at radius 1 is 1.33 bits per heavy atom. The van der Waals surface area contributed by atoms with Gasteiger partial charge in [0.25, 0.3) is 0 Å². The molecule has 2 atom stereocenters. The zero-order chi connectivity index (χ0) is 19.8. The van der Waals surface area contributed by atoms with Gasteiger partial charge >= 0.3 is 0 Å². The van der Waals surface area contributed by atoms with Crippen LogP contribution in [-0.2, 0) is 0 Å². The molecule has 0 fully saturated rings. The average Bonchev–Trinajstić information content (AvgIpc) is 2.72. The van der Waals surface area contributed by atoms with Crippen LogP contribution in [0.4, 0.5) is 4.39 Å². The summed E-state index contributed by atoms with van der Waals surface area (Å²) in [5, 5.41) is 10.5. The number of allylic oxidation sites excluding steroid dienone is 7. The van der Waals surface area contributed by atoms with Crippen molar-refractivity contribution < 1.29 is 4.39 Å². The predicted molar refractivity (Wildman–Crippen MR) is 115 cm³/mol. The van der Waals surface area contributed by atoms with Gasteiger partial charge in [-0.15, -0.1) is 0 Å². The first-order valence-corrected chi connectivity index (χ1v) is 10.5. The van der Waals surface area contributed by atoms with Gasteiger partial charge in [0.05, 0.1) is 0 Å². The average molecular weight is 380 g/mol. The summed E-state index contributed by atoms with van der Waals surface area (Å²) in [6.07, 6.45) is 13.3. The van der Waals surface area contributed by atoms with E-state index in [1.54, 1.807) is 12.1 Å². The number of rotatable bonds is 3. The number of halogens is 1. The van der Waals surface area contributed by atoms with Crippen LogP contribution in [0.3, 0.4) is 0 Å². The fraction of sp³-hybridized carbons (Fsp3) is 0.261. The number of nitrogens with zero attached hydrogens (tertiary/aromatic N) is 2. The highest BCUT2D eigenvalue weighted by Gasteiger charge is 2.20. The van der Waals surface area contributed by atoms with Gasteiger partial charge in [0, 0.05) is 12.2 Å². The topological polar surface area (TPSA) is 27.0 Å². The SMILES string of the molecule is C/C=C(/C#N)N1C=C(C2=C(c3cccc(F)c3)PCC=C2)C=CC1C.CC. The van der Waals surface area contributed by atoms with E-state index < -0.39 is 0 Å². The van der Waals surface area contributed by atoms with Crippen molar-refractivity contribution in [3.8, 4) is 6.07 Å². The van der Waals surface area contributed by atoms with Crippen molar-refractivity contribution in [3.63, 3.8) is 0 Å². The highest BCUT2D eigenvalue weighted by atomic mass is 31.1. The molecule has 2 unspecified atom stereocenters. The van der Waals surface area contributed by atoms with Gasteiger partial charge in [-0.05, 0) is 54.2 Å². The molecule has 27 heavy (non-hydrogen) atoms. The number of hydrogen-bond acceptors (Lipinski definition) is 2. The van der Waals surface area contributed by atoms with E-state index in [-0.39, 0.29) is 11.9 Å². The highest BCUT2D eigenvalue weighted by molar-refractivity contribution is 7.50. The van der Waals surface area contributed by atoms with E-state index in [0.717, 1.165) is 22.9 Å². The van der Waals surface area contributed by atoms with E-state index in [2.05, 4.69) is 37.3 Å². The van der Waals surface area contributed by atoms with Gasteiger partial charge in [0.15, 0.2) is 0 Å². The largest absolute Gasteiger partial charge is 0.333 e. The zero-order valence-electron chi connectivity index (χ0n) is 16.3. The summed E-state index contributed by atoms with van der Waals surface area (Å²) < 4.78 is 13.7. The van der Waals surface area contributed by atoms with Gasteiger partial charge < -0.3 is 4.90 Å². The minimum Gasteiger partial charge on any atom is -0.333 e. The maximum Gasteiger partial charge on any atom is 0.123 e. The van der Waals surface area contributed by atoms with Crippen LogP contribution in [0.5, 0.6) is 0 Å². The molecule has 0 aromatic heterocycles. The minimum atomic E-state index is -0.215. The maximum absolute atomic E-state index is 13.7. The summed E-state index contributed by atoms with van der Waals surface area (Å²) >= 11 is 0. The first-order chi connectivity index (χ1) is 13.1. The minimum absolute atomic E-state index is 0.128. The molecule has 2 nitrogen and oxygen atoms in total. The molecular formula is C23H26FN2P. The lowest BCUT2D eigenvalue weighted by atomic mass is 9.98. The summed E-state index contributed by atoms with van der Waals surface area (Å²) in [4.78, 5) is 1.98. The van der Waals surface area contributed by atoms with Crippen LogP contribution in [0, 0.1) is 17.1 Å². The van der Waals surface area contributed by atoms with Gasteiger partial charge in [-0.3, -0.25) is 0 Å². The molecule has 2 aliphatic rings. The standard InChI is InChI=1S/C21H20FN2P.C2H6/c1-3-19(13-23)24-14-17(10-9-15(24)2)20-8-5-11-25-21(20)16-6-4-7-18(22)12-16;1-2/h3-10,12,14-15,25H,11H2,1-2H3;1-2H3/b19-3-;. The molecule has 0 spiro atoms. The van der Waals surface area contributed by atoms with Crippen LogP contribution in [0.15, 0.2) is 77.7 Å². The zero-order valence-corrected chi connectivity index (χ0v) is 17.3. The third-order valence-electron chi connectivity index (χ3n) is 4.31. The van der Waals surface area contributed by atoms with Gasteiger partial charge in [0.1, 0.15) is 17.6 Å². The quantitative estimate of drug-likeness (QED) is 0.449. The van der Waals surface area contributed by atoms with E-state index in [1.165, 1.54) is 11.4 Å². The van der Waals surface area contributed by atoms with Crippen molar-refractivity contribution in [1.29, 1.82) is 5.26 Å². The van der Waals surface area contributed by atoms with Crippen LogP contribution in [0.2, 0.25) is 0 Å². The van der Waals surface area contributed by atoms with E-state index in [4.69, 9.17) is 0 Å². The van der Waals surface area contributed by atoms with Crippen LogP contribution < -0.4 is 0 Å². The second-order valence-electron chi connectivity index (χ2n) is 5.96. The fourth-order valence-electron chi connectivity index (χ4n) is 3.02. The third-order valence-corrected chi connectivity index (χ3v) is 5.66. The van der Waals surface area contributed by atoms with Crippen LogP contribution in [0.25, 0.3) is 5.31 Å². The Bertz CT molecular complexity index is 869. The fourth-order valence-corrected chi connectivity index (χ4v) is 4.24. The molecule has 3 rings (SSSR count).